The predicted octanol–water partition coefficient (Wildman–Crippen LogP) is 0.625. The average Bonchev–Trinajstić information content (AvgIpc) is 3.30. The van der Waals surface area contributed by atoms with Crippen molar-refractivity contribution in [3.05, 3.63) is 29.8 Å². The van der Waals surface area contributed by atoms with Gasteiger partial charge in [0.15, 0.2) is 0 Å². The van der Waals surface area contributed by atoms with Crippen LogP contribution in [-0.4, -0.2) is 40.3 Å². The van der Waals surface area contributed by atoms with Crippen LogP contribution in [0.1, 0.15) is 37.4 Å². The topological polar surface area (TPSA) is 133 Å². The molecule has 1 unspecified atom stereocenters. The highest BCUT2D eigenvalue weighted by atomic mass is 32.2. The number of nitrogens with one attached hydrogen (secondary N) is 1. The zero-order valence-electron chi connectivity index (χ0n) is 13.5. The third kappa shape index (κ3) is 4.55. The number of hydrogen-bond donors (Lipinski definition) is 2. The van der Waals surface area contributed by atoms with Crippen molar-refractivity contribution in [2.45, 2.75) is 41.9 Å². The number of primary sulfonamides is 1. The minimum absolute atomic E-state index is 0.0391. The molecule has 0 saturated heterocycles. The third-order valence-corrected chi connectivity index (χ3v) is 5.64. The van der Waals surface area contributed by atoms with E-state index in [9.17, 15) is 13.2 Å². The van der Waals surface area contributed by atoms with Gasteiger partial charge in [-0.25, -0.2) is 18.2 Å². The molecule has 11 heteroatoms. The van der Waals surface area contributed by atoms with Gasteiger partial charge in [-0.1, -0.05) is 23.9 Å². The maximum absolute atomic E-state index is 12.1. The number of rotatable bonds is 7. The van der Waals surface area contributed by atoms with Gasteiger partial charge in [-0.2, -0.15) is 0 Å². The van der Waals surface area contributed by atoms with Crippen LogP contribution in [0.15, 0.2) is 34.3 Å². The van der Waals surface area contributed by atoms with Crippen LogP contribution in [-0.2, 0) is 14.8 Å². The van der Waals surface area contributed by atoms with Crippen molar-refractivity contribution in [2.75, 3.05) is 5.75 Å². The molecule has 1 fully saturated rings. The van der Waals surface area contributed by atoms with Crippen molar-refractivity contribution in [1.82, 2.24) is 25.5 Å². The highest BCUT2D eigenvalue weighted by Gasteiger charge is 2.28. The number of nitrogens with zero attached hydrogens (tertiary/aromatic N) is 4. The van der Waals surface area contributed by atoms with E-state index in [1.807, 2.05) is 6.92 Å². The number of aromatic nitrogens is 4. The van der Waals surface area contributed by atoms with Gasteiger partial charge in [-0.15, -0.1) is 5.10 Å². The minimum Gasteiger partial charge on any atom is -0.349 e. The fourth-order valence-electron chi connectivity index (χ4n) is 2.27. The zero-order chi connectivity index (χ0) is 18.0. The molecule has 1 amide bonds. The fourth-order valence-corrected chi connectivity index (χ4v) is 3.54. The number of amides is 1. The second-order valence-electron chi connectivity index (χ2n) is 5.83. The summed E-state index contributed by atoms with van der Waals surface area (Å²) in [5, 5.41) is 20.1. The van der Waals surface area contributed by atoms with E-state index in [0.29, 0.717) is 11.2 Å². The first-order valence-electron chi connectivity index (χ1n) is 7.67. The molecule has 9 nitrogen and oxygen atoms in total. The van der Waals surface area contributed by atoms with Gasteiger partial charge in [0.1, 0.15) is 0 Å². The molecule has 25 heavy (non-hydrogen) atoms. The summed E-state index contributed by atoms with van der Waals surface area (Å²) in [6.07, 6.45) is 2.13. The van der Waals surface area contributed by atoms with Crippen molar-refractivity contribution in [2.24, 2.45) is 5.14 Å². The first-order chi connectivity index (χ1) is 11.8. The molecule has 1 atom stereocenters. The summed E-state index contributed by atoms with van der Waals surface area (Å²) in [6, 6.07) is 6.20. The second-order valence-corrected chi connectivity index (χ2v) is 8.33. The monoisotopic (exact) mass is 382 g/mol. The van der Waals surface area contributed by atoms with E-state index in [0.717, 1.165) is 18.4 Å². The highest BCUT2D eigenvalue weighted by Crippen LogP contribution is 2.36. The largest absolute Gasteiger partial charge is 0.349 e. The Morgan fingerprint density at radius 1 is 1.40 bits per heavy atom. The van der Waals surface area contributed by atoms with Gasteiger partial charge in [-0.3, -0.25) is 4.79 Å². The van der Waals surface area contributed by atoms with E-state index in [1.165, 1.54) is 23.9 Å². The van der Waals surface area contributed by atoms with E-state index < -0.39 is 10.0 Å². The van der Waals surface area contributed by atoms with Crippen molar-refractivity contribution in [1.29, 1.82) is 0 Å². The molecule has 1 aromatic heterocycles. The summed E-state index contributed by atoms with van der Waals surface area (Å²) in [5.74, 6) is 0.0468. The molecule has 1 aromatic carbocycles. The van der Waals surface area contributed by atoms with Gasteiger partial charge >= 0.3 is 0 Å². The zero-order valence-corrected chi connectivity index (χ0v) is 15.1. The van der Waals surface area contributed by atoms with Crippen LogP contribution in [0.5, 0.6) is 0 Å². The summed E-state index contributed by atoms with van der Waals surface area (Å²) < 4.78 is 24.3. The number of benzene rings is 1. The predicted molar refractivity (Wildman–Crippen MR) is 91.2 cm³/mol. The quantitative estimate of drug-likeness (QED) is 0.671. The maximum Gasteiger partial charge on any atom is 0.238 e. The number of thioether (sulfide) groups is 1. The smallest absolute Gasteiger partial charge is 0.238 e. The van der Waals surface area contributed by atoms with Crippen LogP contribution in [0.2, 0.25) is 0 Å². The molecule has 3 rings (SSSR count). The molecule has 0 spiro atoms. The van der Waals surface area contributed by atoms with Crippen LogP contribution >= 0.6 is 11.8 Å². The Balaban J connectivity index is 1.54. The van der Waals surface area contributed by atoms with Gasteiger partial charge in [0.05, 0.1) is 22.7 Å². The molecule has 1 aliphatic rings. The molecular weight excluding hydrogens is 364 g/mol. The number of hydrogen-bond acceptors (Lipinski definition) is 7. The first kappa shape index (κ1) is 17.8. The molecule has 134 valence electrons. The normalized spacial score (nSPS) is 15.8. The standard InChI is InChI=1S/C14H18N6O3S2/c1-9(10-2-6-12(7-3-10)25(15,22)23)16-13(21)8-24-14-17-18-19-20(14)11-4-5-11/h2-3,6-7,9,11H,4-5,8H2,1H3,(H,16,21)(H2,15,22,23). The van der Waals surface area contributed by atoms with E-state index in [1.54, 1.807) is 16.8 Å². The van der Waals surface area contributed by atoms with Crippen LogP contribution < -0.4 is 10.5 Å². The van der Waals surface area contributed by atoms with E-state index in [-0.39, 0.29) is 22.6 Å². The van der Waals surface area contributed by atoms with Gasteiger partial charge in [0.2, 0.25) is 21.1 Å². The first-order valence-corrected chi connectivity index (χ1v) is 10.2. The molecule has 1 aliphatic carbocycles. The summed E-state index contributed by atoms with van der Waals surface area (Å²) >= 11 is 1.29. The Kier molecular flexibility index (Phi) is 5.06. The van der Waals surface area contributed by atoms with Gasteiger partial charge in [0.25, 0.3) is 0 Å². The maximum atomic E-state index is 12.1. The highest BCUT2D eigenvalue weighted by molar-refractivity contribution is 7.99. The number of sulfonamides is 1. The van der Waals surface area contributed by atoms with Crippen LogP contribution in [0.3, 0.4) is 0 Å². The Bertz CT molecular complexity index is 861. The summed E-state index contributed by atoms with van der Waals surface area (Å²) in [6.45, 7) is 1.82. The van der Waals surface area contributed by atoms with Crippen LogP contribution in [0, 0.1) is 0 Å². The van der Waals surface area contributed by atoms with Gasteiger partial charge < -0.3 is 5.32 Å². The third-order valence-electron chi connectivity index (χ3n) is 3.77. The van der Waals surface area contributed by atoms with Crippen molar-refractivity contribution < 1.29 is 13.2 Å². The van der Waals surface area contributed by atoms with Gasteiger partial charge in [-0.05, 0) is 47.9 Å². The number of carbonyl (C=O) groups is 1. The fraction of sp³-hybridized carbons (Fsp3) is 0.429. The number of carbonyl (C=O) groups excluding carboxylic acids is 1. The molecular formula is C14H18N6O3S2. The summed E-state index contributed by atoms with van der Waals surface area (Å²) in [5.41, 5.74) is 0.786. The van der Waals surface area contributed by atoms with E-state index in [4.69, 9.17) is 5.14 Å². The lowest BCUT2D eigenvalue weighted by Gasteiger charge is -2.14. The molecule has 3 N–H and O–H groups in total. The minimum atomic E-state index is -3.72. The van der Waals surface area contributed by atoms with Crippen LogP contribution in [0.4, 0.5) is 0 Å². The molecule has 1 saturated carbocycles. The Morgan fingerprint density at radius 2 is 2.08 bits per heavy atom. The Morgan fingerprint density at radius 3 is 2.68 bits per heavy atom. The molecule has 0 bridgehead atoms. The summed E-state index contributed by atoms with van der Waals surface area (Å²) in [7, 11) is -3.72. The molecule has 1 heterocycles. The lowest BCUT2D eigenvalue weighted by Crippen LogP contribution is -2.28. The summed E-state index contributed by atoms with van der Waals surface area (Å²) in [4.78, 5) is 12.2. The Labute approximate surface area is 149 Å². The molecule has 2 aromatic rings. The number of nitrogens with two attached hydrogens (primary N) is 1. The lowest BCUT2D eigenvalue weighted by molar-refractivity contribution is -0.119. The van der Waals surface area contributed by atoms with Crippen molar-refractivity contribution in [3.8, 4) is 0 Å². The molecule has 0 aliphatic heterocycles. The second kappa shape index (κ2) is 7.10. The van der Waals surface area contributed by atoms with Crippen molar-refractivity contribution >= 4 is 27.7 Å². The van der Waals surface area contributed by atoms with Crippen LogP contribution in [0.25, 0.3) is 0 Å². The number of tetrazole rings is 1. The molecule has 0 radical (unpaired) electrons. The average molecular weight is 382 g/mol. The van der Waals surface area contributed by atoms with Crippen molar-refractivity contribution in [3.63, 3.8) is 0 Å². The SMILES string of the molecule is CC(NC(=O)CSc1nnnn1C1CC1)c1ccc(S(N)(=O)=O)cc1. The van der Waals surface area contributed by atoms with E-state index >= 15 is 0 Å². The lowest BCUT2D eigenvalue weighted by atomic mass is 10.1. The van der Waals surface area contributed by atoms with Gasteiger partial charge in [0, 0.05) is 0 Å². The van der Waals surface area contributed by atoms with E-state index in [2.05, 4.69) is 20.8 Å². The Hall–Kier alpha value is -1.98.